The highest BCUT2D eigenvalue weighted by Gasteiger charge is 2.19. The molecule has 0 aromatic heterocycles. The molecular formula is C31H41F. The van der Waals surface area contributed by atoms with Crippen LogP contribution in [0.2, 0.25) is 0 Å². The maximum absolute atomic E-state index is 14.4. The zero-order chi connectivity index (χ0) is 22.6. The summed E-state index contributed by atoms with van der Waals surface area (Å²) in [6, 6.07) is 13.9. The highest BCUT2D eigenvalue weighted by Crippen LogP contribution is 2.32. The van der Waals surface area contributed by atoms with Crippen molar-refractivity contribution in [3.63, 3.8) is 0 Å². The second kappa shape index (κ2) is 13.5. The summed E-state index contributed by atoms with van der Waals surface area (Å²) in [5.41, 5.74) is 3.88. The largest absolute Gasteiger partial charge is 0.207 e. The molecule has 1 fully saturated rings. The average Bonchev–Trinajstić information content (AvgIpc) is 2.83. The lowest BCUT2D eigenvalue weighted by atomic mass is 9.80. The van der Waals surface area contributed by atoms with Crippen LogP contribution in [0.3, 0.4) is 0 Å². The Morgan fingerprint density at radius 1 is 0.781 bits per heavy atom. The lowest BCUT2D eigenvalue weighted by Gasteiger charge is -2.25. The fraction of sp³-hybridized carbons (Fsp3) is 0.548. The minimum atomic E-state index is -0.0867. The molecule has 3 rings (SSSR count). The van der Waals surface area contributed by atoms with Gasteiger partial charge in [0.05, 0.1) is 0 Å². The first kappa shape index (κ1) is 24.6. The van der Waals surface area contributed by atoms with E-state index in [1.165, 1.54) is 64.2 Å². The van der Waals surface area contributed by atoms with Gasteiger partial charge in [-0.05, 0) is 79.3 Å². The minimum Gasteiger partial charge on any atom is -0.207 e. The third-order valence-corrected chi connectivity index (χ3v) is 7.05. The van der Waals surface area contributed by atoms with Crippen molar-refractivity contribution in [3.8, 4) is 23.0 Å². The number of aryl methyl sites for hydroxylation is 1. The molecule has 1 aliphatic carbocycles. The quantitative estimate of drug-likeness (QED) is 0.259. The van der Waals surface area contributed by atoms with Gasteiger partial charge in [0.2, 0.25) is 0 Å². The Bertz CT molecular complexity index is 860. The lowest BCUT2D eigenvalue weighted by Crippen LogP contribution is -2.13. The molecule has 0 aliphatic heterocycles. The molecule has 0 atom stereocenters. The molecule has 2 aromatic rings. The van der Waals surface area contributed by atoms with Gasteiger partial charge >= 0.3 is 0 Å². The van der Waals surface area contributed by atoms with Gasteiger partial charge in [0.25, 0.3) is 0 Å². The van der Waals surface area contributed by atoms with E-state index in [2.05, 4.69) is 50.0 Å². The van der Waals surface area contributed by atoms with Crippen LogP contribution in [0.5, 0.6) is 0 Å². The van der Waals surface area contributed by atoms with Crippen LogP contribution in [0.15, 0.2) is 42.5 Å². The molecule has 0 saturated heterocycles. The molecule has 0 nitrogen and oxygen atoms in total. The first-order chi connectivity index (χ1) is 15.7. The molecule has 0 amide bonds. The van der Waals surface area contributed by atoms with Crippen molar-refractivity contribution < 1.29 is 4.39 Å². The Morgan fingerprint density at radius 2 is 1.47 bits per heavy atom. The fourth-order valence-electron chi connectivity index (χ4n) is 4.86. The highest BCUT2D eigenvalue weighted by atomic mass is 19.1. The monoisotopic (exact) mass is 432 g/mol. The van der Waals surface area contributed by atoms with Gasteiger partial charge in [0, 0.05) is 11.5 Å². The molecule has 2 aromatic carbocycles. The average molecular weight is 433 g/mol. The van der Waals surface area contributed by atoms with Crippen molar-refractivity contribution in [3.05, 3.63) is 59.4 Å². The van der Waals surface area contributed by atoms with Crippen molar-refractivity contribution in [1.82, 2.24) is 0 Å². The van der Waals surface area contributed by atoms with Crippen molar-refractivity contribution in [1.29, 1.82) is 0 Å². The number of benzene rings is 2. The third-order valence-electron chi connectivity index (χ3n) is 7.05. The van der Waals surface area contributed by atoms with E-state index in [4.69, 9.17) is 0 Å². The van der Waals surface area contributed by atoms with Crippen LogP contribution < -0.4 is 0 Å². The molecule has 0 unspecified atom stereocenters. The molecule has 0 spiro atoms. The first-order valence-electron chi connectivity index (χ1n) is 13.1. The smallest absolute Gasteiger partial charge is 0.127 e. The lowest BCUT2D eigenvalue weighted by molar-refractivity contribution is 0.294. The van der Waals surface area contributed by atoms with Crippen LogP contribution in [-0.2, 0) is 6.42 Å². The Hall–Kier alpha value is -2.07. The van der Waals surface area contributed by atoms with Gasteiger partial charge in [-0.2, -0.15) is 0 Å². The van der Waals surface area contributed by atoms with Crippen LogP contribution >= 0.6 is 0 Å². The summed E-state index contributed by atoms with van der Waals surface area (Å²) in [6.07, 6.45) is 16.6. The summed E-state index contributed by atoms with van der Waals surface area (Å²) in [5, 5.41) is 0. The summed E-state index contributed by atoms with van der Waals surface area (Å²) in [6.45, 7) is 4.42. The third kappa shape index (κ3) is 7.81. The zero-order valence-corrected chi connectivity index (χ0v) is 20.3. The molecule has 32 heavy (non-hydrogen) atoms. The Balaban J connectivity index is 1.47. The van der Waals surface area contributed by atoms with Crippen molar-refractivity contribution >= 4 is 0 Å². The summed E-state index contributed by atoms with van der Waals surface area (Å²) in [5.74, 6) is 8.32. The SMILES string of the molecule is CCCCCCCC1CCC(C#Cc2ccc(-c3ccc(CCCC)c(F)c3)cc2)CC1. The Morgan fingerprint density at radius 3 is 2.16 bits per heavy atom. The molecule has 0 bridgehead atoms. The topological polar surface area (TPSA) is 0 Å². The van der Waals surface area contributed by atoms with Crippen LogP contribution in [0.1, 0.15) is 102 Å². The van der Waals surface area contributed by atoms with E-state index in [1.807, 2.05) is 12.1 Å². The number of unbranched alkanes of at least 4 members (excludes halogenated alkanes) is 5. The normalized spacial score (nSPS) is 18.2. The molecule has 172 valence electrons. The summed E-state index contributed by atoms with van der Waals surface area (Å²) < 4.78 is 14.4. The van der Waals surface area contributed by atoms with Crippen LogP contribution in [0, 0.1) is 29.5 Å². The van der Waals surface area contributed by atoms with E-state index in [-0.39, 0.29) is 5.82 Å². The van der Waals surface area contributed by atoms with Crippen LogP contribution in [0.25, 0.3) is 11.1 Å². The molecule has 1 saturated carbocycles. The predicted molar refractivity (Wildman–Crippen MR) is 136 cm³/mol. The molecule has 0 N–H and O–H groups in total. The maximum atomic E-state index is 14.4. The van der Waals surface area contributed by atoms with Gasteiger partial charge in [0.1, 0.15) is 5.82 Å². The van der Waals surface area contributed by atoms with Gasteiger partial charge in [-0.15, -0.1) is 0 Å². The summed E-state index contributed by atoms with van der Waals surface area (Å²) >= 11 is 0. The zero-order valence-electron chi connectivity index (χ0n) is 20.3. The van der Waals surface area contributed by atoms with E-state index in [0.717, 1.165) is 47.4 Å². The van der Waals surface area contributed by atoms with E-state index in [0.29, 0.717) is 5.92 Å². The predicted octanol–water partition coefficient (Wildman–Crippen LogP) is 9.35. The second-order valence-corrected chi connectivity index (χ2v) is 9.68. The van der Waals surface area contributed by atoms with Crippen molar-refractivity contribution in [2.45, 2.75) is 97.3 Å². The van der Waals surface area contributed by atoms with E-state index >= 15 is 0 Å². The van der Waals surface area contributed by atoms with Gasteiger partial charge in [-0.25, -0.2) is 4.39 Å². The van der Waals surface area contributed by atoms with Gasteiger partial charge in [-0.1, -0.05) is 94.9 Å². The number of hydrogen-bond donors (Lipinski definition) is 0. The first-order valence-corrected chi connectivity index (χ1v) is 13.1. The standard InChI is InChI=1S/C31H41F/c1-3-5-7-8-9-10-25-12-14-26(15-13-25)16-17-27-18-20-28(21-19-27)30-23-22-29(11-6-4-2)31(32)24-30/h18-26H,3-15H2,1-2H3. The van der Waals surface area contributed by atoms with Crippen molar-refractivity contribution in [2.75, 3.05) is 0 Å². The van der Waals surface area contributed by atoms with Gasteiger partial charge in [-0.3, -0.25) is 0 Å². The molecule has 1 aliphatic rings. The molecule has 1 heteroatoms. The summed E-state index contributed by atoms with van der Waals surface area (Å²) in [7, 11) is 0. The number of rotatable bonds is 10. The molecular weight excluding hydrogens is 391 g/mol. The summed E-state index contributed by atoms with van der Waals surface area (Å²) in [4.78, 5) is 0. The second-order valence-electron chi connectivity index (χ2n) is 9.68. The van der Waals surface area contributed by atoms with Crippen molar-refractivity contribution in [2.24, 2.45) is 11.8 Å². The van der Waals surface area contributed by atoms with Crippen LogP contribution in [-0.4, -0.2) is 0 Å². The fourth-order valence-corrected chi connectivity index (χ4v) is 4.86. The Kier molecular flexibility index (Phi) is 10.3. The highest BCUT2D eigenvalue weighted by molar-refractivity contribution is 5.65. The maximum Gasteiger partial charge on any atom is 0.127 e. The number of halogens is 1. The molecule has 0 radical (unpaired) electrons. The molecule has 0 heterocycles. The minimum absolute atomic E-state index is 0.0867. The van der Waals surface area contributed by atoms with E-state index in [9.17, 15) is 4.39 Å². The Labute approximate surface area is 196 Å². The van der Waals surface area contributed by atoms with Crippen LogP contribution in [0.4, 0.5) is 4.39 Å². The van der Waals surface area contributed by atoms with Gasteiger partial charge < -0.3 is 0 Å². The van der Waals surface area contributed by atoms with E-state index in [1.54, 1.807) is 6.07 Å². The van der Waals surface area contributed by atoms with E-state index < -0.39 is 0 Å². The number of hydrogen-bond acceptors (Lipinski definition) is 0. The van der Waals surface area contributed by atoms with Gasteiger partial charge in [0.15, 0.2) is 0 Å².